The Morgan fingerprint density at radius 3 is 2.80 bits per heavy atom. The zero-order valence-corrected chi connectivity index (χ0v) is 16.2. The summed E-state index contributed by atoms with van der Waals surface area (Å²) in [7, 11) is 0. The first kappa shape index (κ1) is 20.1. The molecule has 3 N–H and O–H groups in total. The Kier molecular flexibility index (Phi) is 8.12. The van der Waals surface area contributed by atoms with Crippen LogP contribution in [0.2, 0.25) is 0 Å². The van der Waals surface area contributed by atoms with Gasteiger partial charge in [0.2, 0.25) is 0 Å². The minimum Gasteiger partial charge on any atom is -0.388 e. The second kappa shape index (κ2) is 10.1. The summed E-state index contributed by atoms with van der Waals surface area (Å²) in [6, 6.07) is 5.15. The predicted molar refractivity (Wildman–Crippen MR) is 101 cm³/mol. The van der Waals surface area contributed by atoms with Crippen molar-refractivity contribution in [3.05, 3.63) is 34.1 Å². The van der Waals surface area contributed by atoms with Crippen LogP contribution >= 0.6 is 15.9 Å². The van der Waals surface area contributed by atoms with E-state index >= 15 is 0 Å². The molecule has 0 saturated carbocycles. The molecule has 0 aliphatic carbocycles. The number of rotatable bonds is 7. The number of nitrogens with one attached hydrogen (secondary N) is 2. The van der Waals surface area contributed by atoms with E-state index < -0.39 is 5.60 Å². The summed E-state index contributed by atoms with van der Waals surface area (Å²) in [5, 5.41) is 16.9. The van der Waals surface area contributed by atoms with E-state index in [1.54, 1.807) is 6.07 Å². The van der Waals surface area contributed by atoms with E-state index in [4.69, 9.17) is 4.74 Å². The van der Waals surface area contributed by atoms with E-state index in [1.165, 1.54) is 6.07 Å². The van der Waals surface area contributed by atoms with Crippen molar-refractivity contribution in [2.45, 2.75) is 38.2 Å². The van der Waals surface area contributed by atoms with Crippen molar-refractivity contribution >= 4 is 21.9 Å². The number of hydrogen-bond donors (Lipinski definition) is 3. The average Bonchev–Trinajstić information content (AvgIpc) is 2.58. The summed E-state index contributed by atoms with van der Waals surface area (Å²) >= 11 is 3.26. The molecule has 0 aromatic heterocycles. The lowest BCUT2D eigenvalue weighted by molar-refractivity contribution is -0.0565. The number of aliphatic hydroxyl groups is 1. The van der Waals surface area contributed by atoms with Gasteiger partial charge in [0.05, 0.1) is 12.1 Å². The van der Waals surface area contributed by atoms with Gasteiger partial charge in [0.25, 0.3) is 0 Å². The van der Waals surface area contributed by atoms with Gasteiger partial charge >= 0.3 is 0 Å². The van der Waals surface area contributed by atoms with E-state index in [1.807, 2.05) is 13.0 Å². The first-order valence-electron chi connectivity index (χ1n) is 8.79. The van der Waals surface area contributed by atoms with Gasteiger partial charge < -0.3 is 20.5 Å². The Hall–Kier alpha value is -1.18. The number of halogens is 2. The highest BCUT2D eigenvalue weighted by molar-refractivity contribution is 9.10. The van der Waals surface area contributed by atoms with Crippen molar-refractivity contribution in [1.82, 2.24) is 10.6 Å². The average molecular weight is 416 g/mol. The predicted octanol–water partition coefficient (Wildman–Crippen LogP) is 2.62. The highest BCUT2D eigenvalue weighted by Gasteiger charge is 2.29. The zero-order valence-electron chi connectivity index (χ0n) is 14.7. The molecule has 0 amide bonds. The third-order valence-electron chi connectivity index (χ3n) is 4.23. The Morgan fingerprint density at radius 1 is 1.36 bits per heavy atom. The maximum atomic E-state index is 13.8. The fourth-order valence-electron chi connectivity index (χ4n) is 2.69. The quantitative estimate of drug-likeness (QED) is 0.363. The molecule has 0 unspecified atom stereocenters. The van der Waals surface area contributed by atoms with Gasteiger partial charge in [0, 0.05) is 43.6 Å². The van der Waals surface area contributed by atoms with Gasteiger partial charge in [-0.15, -0.1) is 0 Å². The summed E-state index contributed by atoms with van der Waals surface area (Å²) in [6.07, 6.45) is 2.67. The number of ether oxygens (including phenoxy) is 1. The third-order valence-corrected chi connectivity index (χ3v) is 4.72. The molecule has 1 aliphatic rings. The fraction of sp³-hybridized carbons (Fsp3) is 0.611. The van der Waals surface area contributed by atoms with Crippen molar-refractivity contribution in [2.75, 3.05) is 32.8 Å². The molecular weight excluding hydrogens is 389 g/mol. The Labute approximate surface area is 157 Å². The lowest BCUT2D eigenvalue weighted by Crippen LogP contribution is -2.42. The number of guanidine groups is 1. The van der Waals surface area contributed by atoms with Crippen LogP contribution < -0.4 is 10.6 Å². The van der Waals surface area contributed by atoms with Gasteiger partial charge in [0.15, 0.2) is 5.96 Å². The zero-order chi connectivity index (χ0) is 18.1. The second-order valence-electron chi connectivity index (χ2n) is 6.30. The first-order chi connectivity index (χ1) is 12.0. The molecule has 0 radical (unpaired) electrons. The van der Waals surface area contributed by atoms with Gasteiger partial charge in [-0.05, 0) is 37.5 Å². The lowest BCUT2D eigenvalue weighted by atomic mass is 9.95. The molecule has 0 atom stereocenters. The molecule has 2 rings (SSSR count). The molecule has 1 aromatic rings. The molecule has 1 aliphatic heterocycles. The van der Waals surface area contributed by atoms with Crippen molar-refractivity contribution in [3.8, 4) is 0 Å². The van der Waals surface area contributed by atoms with Crippen LogP contribution in [0.1, 0.15) is 31.7 Å². The molecule has 5 nitrogen and oxygen atoms in total. The maximum absolute atomic E-state index is 13.8. The van der Waals surface area contributed by atoms with Crippen LogP contribution in [0.5, 0.6) is 0 Å². The minimum atomic E-state index is -0.777. The number of aliphatic imine (C=N–C) groups is 1. The second-order valence-corrected chi connectivity index (χ2v) is 7.21. The fourth-order valence-corrected chi connectivity index (χ4v) is 3.02. The van der Waals surface area contributed by atoms with Crippen LogP contribution in [0.15, 0.2) is 27.7 Å². The number of hydrogen-bond acceptors (Lipinski definition) is 3. The topological polar surface area (TPSA) is 65.9 Å². The molecule has 1 aromatic carbocycles. The minimum absolute atomic E-state index is 0.184. The molecule has 140 valence electrons. The highest BCUT2D eigenvalue weighted by atomic mass is 79.9. The largest absolute Gasteiger partial charge is 0.388 e. The van der Waals surface area contributed by atoms with E-state index in [0.717, 1.165) is 17.4 Å². The standard InChI is InChI=1S/C18H27BrFN3O2/c1-2-21-17(23-13-18(24)7-10-25-11-8-18)22-9-3-4-14-5-6-15(19)12-16(14)20/h5-6,12,24H,2-4,7-11,13H2,1H3,(H2,21,22,23). The van der Waals surface area contributed by atoms with Gasteiger partial charge in [0.1, 0.15) is 5.82 Å². The van der Waals surface area contributed by atoms with Gasteiger partial charge in [-0.25, -0.2) is 4.39 Å². The Morgan fingerprint density at radius 2 is 2.12 bits per heavy atom. The monoisotopic (exact) mass is 415 g/mol. The van der Waals surface area contributed by atoms with Crippen LogP contribution in [0.4, 0.5) is 4.39 Å². The normalized spacial score (nSPS) is 17.4. The van der Waals surface area contributed by atoms with E-state index in [9.17, 15) is 9.50 Å². The number of benzene rings is 1. The summed E-state index contributed by atoms with van der Waals surface area (Å²) < 4.78 is 19.8. The highest BCUT2D eigenvalue weighted by Crippen LogP contribution is 2.20. The van der Waals surface area contributed by atoms with Crippen LogP contribution in [-0.2, 0) is 11.2 Å². The summed E-state index contributed by atoms with van der Waals surface area (Å²) in [4.78, 5) is 4.49. The van der Waals surface area contributed by atoms with Crippen molar-refractivity contribution in [3.63, 3.8) is 0 Å². The van der Waals surface area contributed by atoms with E-state index in [-0.39, 0.29) is 5.82 Å². The van der Waals surface area contributed by atoms with E-state index in [0.29, 0.717) is 57.1 Å². The molecule has 7 heteroatoms. The van der Waals surface area contributed by atoms with Gasteiger partial charge in [-0.3, -0.25) is 4.99 Å². The van der Waals surface area contributed by atoms with Gasteiger partial charge in [-0.2, -0.15) is 0 Å². The Bertz CT molecular complexity index is 577. The first-order valence-corrected chi connectivity index (χ1v) is 9.58. The molecule has 1 fully saturated rings. The van der Waals surface area contributed by atoms with Crippen LogP contribution in [0.25, 0.3) is 0 Å². The number of aryl methyl sites for hydroxylation is 1. The third kappa shape index (κ3) is 6.92. The van der Waals surface area contributed by atoms with Crippen molar-refractivity contribution < 1.29 is 14.2 Å². The SMILES string of the molecule is CCNC(=NCC1(O)CCOCC1)NCCCc1ccc(Br)cc1F. The summed E-state index contributed by atoms with van der Waals surface area (Å²) in [5.74, 6) is 0.496. The molecule has 1 heterocycles. The van der Waals surface area contributed by atoms with Crippen LogP contribution in [0, 0.1) is 5.82 Å². The lowest BCUT2D eigenvalue weighted by Gasteiger charge is -2.30. The van der Waals surface area contributed by atoms with E-state index in [2.05, 4.69) is 31.6 Å². The summed E-state index contributed by atoms with van der Waals surface area (Å²) in [6.45, 7) is 4.94. The smallest absolute Gasteiger partial charge is 0.191 e. The summed E-state index contributed by atoms with van der Waals surface area (Å²) in [5.41, 5.74) is -0.0651. The van der Waals surface area contributed by atoms with Crippen LogP contribution in [0.3, 0.4) is 0 Å². The van der Waals surface area contributed by atoms with Crippen molar-refractivity contribution in [2.24, 2.45) is 4.99 Å². The molecule has 25 heavy (non-hydrogen) atoms. The van der Waals surface area contributed by atoms with Crippen LogP contribution in [-0.4, -0.2) is 49.5 Å². The van der Waals surface area contributed by atoms with Crippen molar-refractivity contribution in [1.29, 1.82) is 0 Å². The molecular formula is C18H27BrFN3O2. The number of nitrogens with zero attached hydrogens (tertiary/aromatic N) is 1. The molecule has 0 bridgehead atoms. The van der Waals surface area contributed by atoms with Gasteiger partial charge in [-0.1, -0.05) is 22.0 Å². The Balaban J connectivity index is 1.79. The molecule has 0 spiro atoms. The maximum Gasteiger partial charge on any atom is 0.191 e. The molecule has 1 saturated heterocycles.